The van der Waals surface area contributed by atoms with Gasteiger partial charge in [-0.25, -0.2) is 9.97 Å². The summed E-state index contributed by atoms with van der Waals surface area (Å²) in [5.74, 6) is 1.22. The number of anilines is 2. The molecule has 2 fully saturated rings. The third-order valence-electron chi connectivity index (χ3n) is 8.11. The topological polar surface area (TPSA) is 101 Å². The van der Waals surface area contributed by atoms with Crippen molar-refractivity contribution >= 4 is 39.9 Å². The molecule has 3 aromatic heterocycles. The van der Waals surface area contributed by atoms with Crippen molar-refractivity contribution in [2.75, 3.05) is 32.1 Å². The normalized spacial score (nSPS) is 16.2. The van der Waals surface area contributed by atoms with Gasteiger partial charge in [-0.05, 0) is 104 Å². The summed E-state index contributed by atoms with van der Waals surface area (Å²) in [6, 6.07) is 7.90. The second kappa shape index (κ2) is 11.6. The molecule has 1 aromatic carbocycles. The van der Waals surface area contributed by atoms with Gasteiger partial charge >= 0.3 is 0 Å². The molecule has 0 radical (unpaired) electrons. The molecule has 41 heavy (non-hydrogen) atoms. The van der Waals surface area contributed by atoms with Crippen LogP contribution in [0, 0.1) is 5.92 Å². The monoisotopic (exact) mass is 572 g/mol. The van der Waals surface area contributed by atoms with Gasteiger partial charge in [0, 0.05) is 24.3 Å². The lowest BCUT2D eigenvalue weighted by Gasteiger charge is -2.29. The maximum Gasteiger partial charge on any atom is 0.293 e. The Kier molecular flexibility index (Phi) is 7.77. The molecule has 4 heterocycles. The number of rotatable bonds is 9. The average Bonchev–Trinajstić information content (AvgIpc) is 3.66. The zero-order chi connectivity index (χ0) is 28.5. The third kappa shape index (κ3) is 5.85. The van der Waals surface area contributed by atoms with Gasteiger partial charge in [-0.1, -0.05) is 6.92 Å². The van der Waals surface area contributed by atoms with E-state index in [0.717, 1.165) is 62.0 Å². The van der Waals surface area contributed by atoms with E-state index in [4.69, 9.17) is 9.72 Å². The Balaban J connectivity index is 1.31. The molecule has 9 nitrogen and oxygen atoms in total. The second-order valence-corrected chi connectivity index (χ2v) is 11.9. The lowest BCUT2D eigenvalue weighted by Crippen LogP contribution is -2.43. The second-order valence-electron chi connectivity index (χ2n) is 11.2. The van der Waals surface area contributed by atoms with Crippen LogP contribution in [0.4, 0.5) is 11.6 Å². The first-order chi connectivity index (χ1) is 19.9. The SMILES string of the molecule is CCc1cc(C(=O)NC2CCN(C)CC2)ccc1Nc1ncc2c(n1)c(-c1ccsc1)c(OCC1CC1)c(=O)n2C. The standard InChI is InChI=1S/C31H36N6O3S/c1-4-20-15-21(29(38)33-23-9-12-36(2)13-10-23)7-8-24(20)34-31-32-16-25-27(35-31)26(22-11-14-41-18-22)28(30(39)37(25)3)40-17-19-5-6-19/h7-8,11,14-16,18-19,23H,4-6,9-10,12-13,17H2,1-3H3,(H,33,38)(H,32,34,35). The van der Waals surface area contributed by atoms with E-state index >= 15 is 0 Å². The largest absolute Gasteiger partial charge is 0.487 e. The van der Waals surface area contributed by atoms with Gasteiger partial charge in [-0.2, -0.15) is 11.3 Å². The van der Waals surface area contributed by atoms with E-state index in [0.29, 0.717) is 46.4 Å². The Labute approximate surface area is 243 Å². The number of aromatic nitrogens is 3. The van der Waals surface area contributed by atoms with Crippen LogP contribution in [0.3, 0.4) is 0 Å². The van der Waals surface area contributed by atoms with E-state index in [2.05, 4.69) is 34.5 Å². The molecule has 6 rings (SSSR count). The highest BCUT2D eigenvalue weighted by Crippen LogP contribution is 2.37. The highest BCUT2D eigenvalue weighted by atomic mass is 32.1. The lowest BCUT2D eigenvalue weighted by molar-refractivity contribution is 0.0917. The van der Waals surface area contributed by atoms with Gasteiger partial charge in [0.1, 0.15) is 5.52 Å². The molecular weight excluding hydrogens is 536 g/mol. The Hall–Kier alpha value is -3.76. The van der Waals surface area contributed by atoms with Gasteiger partial charge in [0.2, 0.25) is 5.95 Å². The van der Waals surface area contributed by atoms with Crippen molar-refractivity contribution in [1.82, 2.24) is 24.8 Å². The number of carbonyl (C=O) groups is 1. The van der Waals surface area contributed by atoms with Crippen LogP contribution in [0.1, 0.15) is 48.5 Å². The number of pyridine rings is 1. The molecule has 1 aliphatic carbocycles. The number of benzene rings is 1. The zero-order valence-corrected chi connectivity index (χ0v) is 24.6. The lowest BCUT2D eigenvalue weighted by atomic mass is 10.0. The van der Waals surface area contributed by atoms with Crippen LogP contribution in [0.15, 0.2) is 46.0 Å². The van der Waals surface area contributed by atoms with Gasteiger partial charge in [-0.15, -0.1) is 0 Å². The van der Waals surface area contributed by atoms with Gasteiger partial charge in [0.25, 0.3) is 11.5 Å². The number of ether oxygens (including phenoxy) is 1. The molecule has 4 aromatic rings. The molecule has 1 aliphatic heterocycles. The van der Waals surface area contributed by atoms with Crippen LogP contribution >= 0.6 is 11.3 Å². The van der Waals surface area contributed by atoms with Crippen LogP contribution in [0.5, 0.6) is 5.75 Å². The Morgan fingerprint density at radius 1 is 1.15 bits per heavy atom. The molecule has 2 aliphatic rings. The fourth-order valence-electron chi connectivity index (χ4n) is 5.33. The summed E-state index contributed by atoms with van der Waals surface area (Å²) in [6.07, 6.45) is 6.62. The van der Waals surface area contributed by atoms with Gasteiger partial charge in [-0.3, -0.25) is 9.59 Å². The minimum absolute atomic E-state index is 0.0391. The number of fused-ring (bicyclic) bond motifs is 1. The van der Waals surface area contributed by atoms with E-state index in [1.165, 1.54) is 0 Å². The fraction of sp³-hybridized carbons (Fsp3) is 0.419. The Morgan fingerprint density at radius 3 is 2.66 bits per heavy atom. The average molecular weight is 573 g/mol. The van der Waals surface area contributed by atoms with Crippen molar-refractivity contribution in [2.45, 2.75) is 45.1 Å². The summed E-state index contributed by atoms with van der Waals surface area (Å²) in [4.78, 5) is 38.1. The van der Waals surface area contributed by atoms with Crippen LogP contribution < -0.4 is 20.9 Å². The highest BCUT2D eigenvalue weighted by molar-refractivity contribution is 7.08. The molecule has 0 bridgehead atoms. The molecular formula is C31H36N6O3S. The maximum atomic E-state index is 13.4. The number of likely N-dealkylation sites (tertiary alicyclic amines) is 1. The quantitative estimate of drug-likeness (QED) is 0.292. The van der Waals surface area contributed by atoms with Crippen molar-refractivity contribution in [1.29, 1.82) is 0 Å². The van der Waals surface area contributed by atoms with E-state index in [1.54, 1.807) is 29.1 Å². The predicted molar refractivity (Wildman–Crippen MR) is 163 cm³/mol. The molecule has 1 amide bonds. The molecule has 214 valence electrons. The van der Waals surface area contributed by atoms with Crippen LogP contribution in [0.2, 0.25) is 0 Å². The molecule has 1 saturated heterocycles. The first-order valence-corrected chi connectivity index (χ1v) is 15.3. The summed E-state index contributed by atoms with van der Waals surface area (Å²) in [5, 5.41) is 10.6. The Bertz CT molecular complexity index is 1620. The molecule has 0 unspecified atom stereocenters. The summed E-state index contributed by atoms with van der Waals surface area (Å²) in [6.45, 7) is 4.59. The first-order valence-electron chi connectivity index (χ1n) is 14.4. The fourth-order valence-corrected chi connectivity index (χ4v) is 5.97. The zero-order valence-electron chi connectivity index (χ0n) is 23.8. The van der Waals surface area contributed by atoms with Gasteiger partial charge in [0.05, 0.1) is 23.9 Å². The number of piperidine rings is 1. The molecule has 10 heteroatoms. The van der Waals surface area contributed by atoms with E-state index in [9.17, 15) is 9.59 Å². The molecule has 0 spiro atoms. The van der Waals surface area contributed by atoms with Gasteiger partial charge < -0.3 is 24.8 Å². The number of hydrogen-bond acceptors (Lipinski definition) is 8. The third-order valence-corrected chi connectivity index (χ3v) is 8.80. The van der Waals surface area contributed by atoms with E-state index in [-0.39, 0.29) is 17.5 Å². The number of nitrogens with zero attached hydrogens (tertiary/aromatic N) is 4. The molecule has 2 N–H and O–H groups in total. The molecule has 1 saturated carbocycles. The number of aryl methyl sites for hydroxylation is 2. The van der Waals surface area contributed by atoms with Crippen molar-refractivity contribution in [3.05, 3.63) is 62.7 Å². The van der Waals surface area contributed by atoms with Crippen LogP contribution in [-0.2, 0) is 13.5 Å². The summed E-state index contributed by atoms with van der Waals surface area (Å²) in [7, 11) is 3.84. The number of nitrogens with one attached hydrogen (secondary N) is 2. The minimum Gasteiger partial charge on any atom is -0.487 e. The van der Waals surface area contributed by atoms with E-state index in [1.807, 2.05) is 35.0 Å². The van der Waals surface area contributed by atoms with Crippen LogP contribution in [-0.4, -0.2) is 58.1 Å². The van der Waals surface area contributed by atoms with Crippen LogP contribution in [0.25, 0.3) is 22.2 Å². The van der Waals surface area contributed by atoms with E-state index < -0.39 is 0 Å². The summed E-state index contributed by atoms with van der Waals surface area (Å²) in [5.41, 5.74) is 5.20. The van der Waals surface area contributed by atoms with Crippen molar-refractivity contribution < 1.29 is 9.53 Å². The highest BCUT2D eigenvalue weighted by Gasteiger charge is 2.26. The maximum absolute atomic E-state index is 13.4. The number of carbonyl (C=O) groups excluding carboxylic acids is 1. The van der Waals surface area contributed by atoms with Crippen molar-refractivity contribution in [3.8, 4) is 16.9 Å². The number of hydrogen-bond donors (Lipinski definition) is 2. The van der Waals surface area contributed by atoms with Crippen molar-refractivity contribution in [2.24, 2.45) is 13.0 Å². The number of thiophene rings is 1. The van der Waals surface area contributed by atoms with Gasteiger partial charge in [0.15, 0.2) is 5.75 Å². The molecule has 0 atom stereocenters. The first kappa shape index (κ1) is 27.4. The summed E-state index contributed by atoms with van der Waals surface area (Å²) >= 11 is 1.57. The minimum atomic E-state index is -0.189. The predicted octanol–water partition coefficient (Wildman–Crippen LogP) is 4.98. The Morgan fingerprint density at radius 2 is 1.95 bits per heavy atom. The smallest absolute Gasteiger partial charge is 0.293 e. The van der Waals surface area contributed by atoms with Crippen molar-refractivity contribution in [3.63, 3.8) is 0 Å². The summed E-state index contributed by atoms with van der Waals surface area (Å²) < 4.78 is 7.71. The number of amides is 1.